The topological polar surface area (TPSA) is 52.6 Å². The van der Waals surface area contributed by atoms with Gasteiger partial charge in [-0.3, -0.25) is 0 Å². The van der Waals surface area contributed by atoms with E-state index >= 15 is 0 Å². The Morgan fingerprint density at radius 3 is 1.82 bits per heavy atom. The third-order valence-electron chi connectivity index (χ3n) is 1.54. The summed E-state index contributed by atoms with van der Waals surface area (Å²) in [7, 11) is -3.72. The molecule has 0 amide bonds. The monoisotopic (exact) mass is 180 g/mol. The van der Waals surface area contributed by atoms with Crippen LogP contribution >= 0.6 is 0 Å². The lowest BCUT2D eigenvalue weighted by Gasteiger charge is -2.05. The first-order valence-corrected chi connectivity index (χ1v) is 4.94. The molecule has 2 atom stereocenters. The maximum Gasteiger partial charge on any atom is 0.400 e. The Bertz CT molecular complexity index is 203. The van der Waals surface area contributed by atoms with E-state index in [1.165, 1.54) is 0 Å². The normalized spacial score (nSPS) is 38.0. The molecule has 0 aromatic rings. The Balaban J connectivity index is 2.71. The molecule has 0 spiro atoms. The molecule has 1 aliphatic heterocycles. The summed E-state index contributed by atoms with van der Waals surface area (Å²) in [6.45, 7) is 3.44. The quantitative estimate of drug-likeness (QED) is 0.554. The lowest BCUT2D eigenvalue weighted by Crippen LogP contribution is -2.15. The van der Waals surface area contributed by atoms with Crippen molar-refractivity contribution in [3.05, 3.63) is 0 Å². The van der Waals surface area contributed by atoms with E-state index in [-0.39, 0.29) is 12.2 Å². The molecule has 1 heterocycles. The fraction of sp³-hybridized carbons (Fsp3) is 1.00. The minimum absolute atomic E-state index is 0.259. The van der Waals surface area contributed by atoms with Crippen molar-refractivity contribution >= 4 is 10.4 Å². The van der Waals surface area contributed by atoms with Gasteiger partial charge < -0.3 is 0 Å². The van der Waals surface area contributed by atoms with E-state index in [1.54, 1.807) is 13.8 Å². The summed E-state index contributed by atoms with van der Waals surface area (Å²) >= 11 is 0. The number of hydrogen-bond donors (Lipinski definition) is 0. The average molecular weight is 180 g/mol. The van der Waals surface area contributed by atoms with Crippen LogP contribution in [0, 0.1) is 0 Å². The number of hydrogen-bond acceptors (Lipinski definition) is 4. The zero-order valence-electron chi connectivity index (χ0n) is 6.61. The Morgan fingerprint density at radius 1 is 1.09 bits per heavy atom. The van der Waals surface area contributed by atoms with Gasteiger partial charge in [-0.15, -0.1) is 0 Å². The van der Waals surface area contributed by atoms with Crippen LogP contribution in [0.25, 0.3) is 0 Å². The zero-order chi connectivity index (χ0) is 8.48. The summed E-state index contributed by atoms with van der Waals surface area (Å²) in [5.41, 5.74) is 0. The Kier molecular flexibility index (Phi) is 2.51. The molecule has 5 heteroatoms. The highest BCUT2D eigenvalue weighted by Gasteiger charge is 2.24. The summed E-state index contributed by atoms with van der Waals surface area (Å²) in [4.78, 5) is 0. The van der Waals surface area contributed by atoms with Crippen LogP contribution in [-0.2, 0) is 18.8 Å². The summed E-state index contributed by atoms with van der Waals surface area (Å²) in [6, 6.07) is 0. The molecule has 0 radical (unpaired) electrons. The lowest BCUT2D eigenvalue weighted by atomic mass is 10.1. The highest BCUT2D eigenvalue weighted by Crippen LogP contribution is 2.17. The predicted octanol–water partition coefficient (Wildman–Crippen LogP) is 0.835. The fourth-order valence-electron chi connectivity index (χ4n) is 0.991. The molecule has 0 aromatic heterocycles. The van der Waals surface area contributed by atoms with Crippen LogP contribution in [0.2, 0.25) is 0 Å². The molecule has 0 saturated carbocycles. The van der Waals surface area contributed by atoms with Crippen molar-refractivity contribution in [3.8, 4) is 0 Å². The molecule has 1 fully saturated rings. The maximum atomic E-state index is 10.8. The van der Waals surface area contributed by atoms with E-state index < -0.39 is 10.4 Å². The van der Waals surface area contributed by atoms with Crippen molar-refractivity contribution < 1.29 is 16.8 Å². The van der Waals surface area contributed by atoms with E-state index in [0.29, 0.717) is 0 Å². The first-order chi connectivity index (χ1) is 4.99. The molecule has 1 rings (SSSR count). The van der Waals surface area contributed by atoms with Gasteiger partial charge in [0, 0.05) is 0 Å². The van der Waals surface area contributed by atoms with Gasteiger partial charge in [-0.1, -0.05) is 0 Å². The molecule has 1 saturated heterocycles. The van der Waals surface area contributed by atoms with Gasteiger partial charge in [-0.25, -0.2) is 8.37 Å². The third-order valence-corrected chi connectivity index (χ3v) is 2.67. The molecular formula is C6H12O4S. The van der Waals surface area contributed by atoms with E-state index in [2.05, 4.69) is 8.37 Å². The van der Waals surface area contributed by atoms with Gasteiger partial charge >= 0.3 is 10.4 Å². The zero-order valence-corrected chi connectivity index (χ0v) is 7.43. The smallest absolute Gasteiger partial charge is 0.245 e. The molecule has 0 aliphatic carbocycles. The Labute approximate surface area is 66.8 Å². The fourth-order valence-corrected chi connectivity index (χ4v) is 2.03. The Morgan fingerprint density at radius 2 is 1.45 bits per heavy atom. The average Bonchev–Trinajstić information content (AvgIpc) is 1.89. The van der Waals surface area contributed by atoms with Crippen molar-refractivity contribution in [2.24, 2.45) is 0 Å². The predicted molar refractivity (Wildman–Crippen MR) is 39.2 cm³/mol. The highest BCUT2D eigenvalue weighted by molar-refractivity contribution is 7.81. The first-order valence-electron chi connectivity index (χ1n) is 3.61. The molecule has 2 unspecified atom stereocenters. The van der Waals surface area contributed by atoms with Gasteiger partial charge in [0.05, 0.1) is 12.2 Å². The second kappa shape index (κ2) is 3.08. The van der Waals surface area contributed by atoms with Crippen molar-refractivity contribution in [2.45, 2.75) is 38.9 Å². The van der Waals surface area contributed by atoms with Crippen LogP contribution in [0.3, 0.4) is 0 Å². The van der Waals surface area contributed by atoms with Crippen LogP contribution in [-0.4, -0.2) is 20.6 Å². The molecule has 11 heavy (non-hydrogen) atoms. The number of rotatable bonds is 0. The largest absolute Gasteiger partial charge is 0.400 e. The van der Waals surface area contributed by atoms with Crippen molar-refractivity contribution in [3.63, 3.8) is 0 Å². The van der Waals surface area contributed by atoms with Crippen molar-refractivity contribution in [1.82, 2.24) is 0 Å². The molecule has 1 aliphatic rings. The second-order valence-electron chi connectivity index (χ2n) is 2.80. The molecule has 4 nitrogen and oxygen atoms in total. The summed E-state index contributed by atoms with van der Waals surface area (Å²) in [6.07, 6.45) is 0.927. The minimum atomic E-state index is -3.72. The lowest BCUT2D eigenvalue weighted by molar-refractivity contribution is 0.177. The van der Waals surface area contributed by atoms with Gasteiger partial charge in [0.15, 0.2) is 0 Å². The van der Waals surface area contributed by atoms with E-state index in [0.717, 1.165) is 12.8 Å². The third kappa shape index (κ3) is 2.76. The van der Waals surface area contributed by atoms with Crippen molar-refractivity contribution in [2.75, 3.05) is 0 Å². The van der Waals surface area contributed by atoms with Crippen LogP contribution in [0.15, 0.2) is 0 Å². The summed E-state index contributed by atoms with van der Waals surface area (Å²) in [5.74, 6) is 0. The van der Waals surface area contributed by atoms with Gasteiger partial charge in [-0.2, -0.15) is 8.42 Å². The SMILES string of the molecule is CC1CCC(C)OS(=O)(=O)O1. The van der Waals surface area contributed by atoms with Crippen LogP contribution in [0.4, 0.5) is 0 Å². The second-order valence-corrected chi connectivity index (χ2v) is 4.00. The van der Waals surface area contributed by atoms with Gasteiger partial charge in [0.25, 0.3) is 0 Å². The van der Waals surface area contributed by atoms with E-state index in [1.807, 2.05) is 0 Å². The minimum Gasteiger partial charge on any atom is -0.245 e. The summed E-state index contributed by atoms with van der Waals surface area (Å²) in [5, 5.41) is 0. The van der Waals surface area contributed by atoms with Crippen LogP contribution < -0.4 is 0 Å². The maximum absolute atomic E-state index is 10.8. The van der Waals surface area contributed by atoms with Gasteiger partial charge in [0.2, 0.25) is 0 Å². The summed E-state index contributed by atoms with van der Waals surface area (Å²) < 4.78 is 30.9. The van der Waals surface area contributed by atoms with E-state index in [9.17, 15) is 8.42 Å². The first kappa shape index (κ1) is 8.96. The van der Waals surface area contributed by atoms with E-state index in [4.69, 9.17) is 0 Å². The van der Waals surface area contributed by atoms with Gasteiger partial charge in [0.1, 0.15) is 0 Å². The molecule has 66 valence electrons. The Hall–Kier alpha value is -0.130. The molecule has 0 bridgehead atoms. The molecule has 0 N–H and O–H groups in total. The van der Waals surface area contributed by atoms with Crippen LogP contribution in [0.5, 0.6) is 0 Å². The highest BCUT2D eigenvalue weighted by atomic mass is 32.3. The standard InChI is InChI=1S/C6H12O4S/c1-5-3-4-6(2)10-11(7,8)9-5/h5-6H,3-4H2,1-2H3. The van der Waals surface area contributed by atoms with Gasteiger partial charge in [-0.05, 0) is 26.7 Å². The van der Waals surface area contributed by atoms with Crippen LogP contribution in [0.1, 0.15) is 26.7 Å². The van der Waals surface area contributed by atoms with Crippen molar-refractivity contribution in [1.29, 1.82) is 0 Å². The molecular weight excluding hydrogens is 168 g/mol. The molecule has 0 aromatic carbocycles.